The minimum atomic E-state index is 0.496. The number of ether oxygens (including phenoxy) is 1. The smallest absolute Gasteiger partial charge is 0.119 e. The molecule has 1 atom stereocenters. The fourth-order valence-corrected chi connectivity index (χ4v) is 4.24. The van der Waals surface area contributed by atoms with Crippen LogP contribution in [0.4, 0.5) is 5.69 Å². The van der Waals surface area contributed by atoms with Crippen LogP contribution in [0.3, 0.4) is 0 Å². The second kappa shape index (κ2) is 13.8. The van der Waals surface area contributed by atoms with Gasteiger partial charge in [0.05, 0.1) is 18.6 Å². The highest BCUT2D eigenvalue weighted by atomic mass is 16.5. The molecule has 2 saturated heterocycles. The van der Waals surface area contributed by atoms with Crippen LogP contribution in [-0.4, -0.2) is 49.1 Å². The highest BCUT2D eigenvalue weighted by Crippen LogP contribution is 2.24. The third-order valence-electron chi connectivity index (χ3n) is 6.08. The van der Waals surface area contributed by atoms with E-state index in [0.717, 1.165) is 35.9 Å². The van der Waals surface area contributed by atoms with E-state index in [4.69, 9.17) is 16.2 Å². The number of allylic oxidation sites excluding steroid dienone is 3. The van der Waals surface area contributed by atoms with Crippen LogP contribution in [0.1, 0.15) is 24.8 Å². The topological polar surface area (TPSA) is 79.8 Å². The molecule has 2 aliphatic heterocycles. The van der Waals surface area contributed by atoms with E-state index in [2.05, 4.69) is 33.5 Å². The second-order valence-corrected chi connectivity index (χ2v) is 8.55. The first-order chi connectivity index (χ1) is 17.1. The molecule has 1 unspecified atom stereocenters. The number of rotatable bonds is 5. The van der Waals surface area contributed by atoms with E-state index < -0.39 is 0 Å². The summed E-state index contributed by atoms with van der Waals surface area (Å²) in [5.74, 6) is 7.64. The molecule has 0 aromatic heterocycles. The van der Waals surface area contributed by atoms with Crippen molar-refractivity contribution in [3.63, 3.8) is 0 Å². The maximum absolute atomic E-state index is 5.59. The molecule has 4 rings (SSSR count). The molecule has 2 aliphatic rings. The van der Waals surface area contributed by atoms with Crippen molar-refractivity contribution in [2.24, 2.45) is 11.5 Å². The number of fused-ring (bicyclic) bond motifs is 1. The van der Waals surface area contributed by atoms with E-state index in [9.17, 15) is 0 Å². The van der Waals surface area contributed by atoms with Gasteiger partial charge in [-0.1, -0.05) is 30.7 Å². The van der Waals surface area contributed by atoms with E-state index >= 15 is 0 Å². The van der Waals surface area contributed by atoms with E-state index in [1.54, 1.807) is 19.3 Å². The molecule has 0 bridgehead atoms. The summed E-state index contributed by atoms with van der Waals surface area (Å²) in [4.78, 5) is 5.04. The van der Waals surface area contributed by atoms with Gasteiger partial charge >= 0.3 is 0 Å². The first-order valence-corrected chi connectivity index (χ1v) is 12.1. The largest absolute Gasteiger partial charge is 0.497 e. The van der Waals surface area contributed by atoms with E-state index in [-0.39, 0.29) is 0 Å². The van der Waals surface area contributed by atoms with Crippen molar-refractivity contribution in [2.75, 3.05) is 38.6 Å². The summed E-state index contributed by atoms with van der Waals surface area (Å²) < 4.78 is 5.19. The minimum absolute atomic E-state index is 0.496. The molecule has 0 radical (unpaired) electrons. The Balaban J connectivity index is 0.000000214. The number of nitrogens with one attached hydrogen (secondary N) is 1. The van der Waals surface area contributed by atoms with E-state index in [0.29, 0.717) is 11.7 Å². The lowest BCUT2D eigenvalue weighted by atomic mass is 10.2. The van der Waals surface area contributed by atoms with Crippen LogP contribution in [0, 0.1) is 11.8 Å². The van der Waals surface area contributed by atoms with Crippen molar-refractivity contribution in [1.29, 1.82) is 0 Å². The molecule has 0 amide bonds. The fraction of sp³-hybridized carbons (Fsp3) is 0.310. The number of nitrogens with zero attached hydrogens (tertiary/aromatic N) is 2. The number of anilines is 1. The molecule has 5 N–H and O–H groups in total. The number of hydrogen-bond donors (Lipinski definition) is 3. The van der Waals surface area contributed by atoms with Gasteiger partial charge in [0, 0.05) is 36.9 Å². The second-order valence-electron chi connectivity index (χ2n) is 8.55. The van der Waals surface area contributed by atoms with Gasteiger partial charge in [0.1, 0.15) is 5.75 Å². The normalized spacial score (nSPS) is 17.9. The number of methoxy groups -OCH3 is 1. The van der Waals surface area contributed by atoms with Gasteiger partial charge in [-0.3, -0.25) is 4.90 Å². The predicted octanol–water partition coefficient (Wildman–Crippen LogP) is 4.10. The van der Waals surface area contributed by atoms with Crippen molar-refractivity contribution in [3.05, 3.63) is 96.6 Å². The van der Waals surface area contributed by atoms with Crippen molar-refractivity contribution in [1.82, 2.24) is 9.80 Å². The summed E-state index contributed by atoms with van der Waals surface area (Å²) >= 11 is 0. The zero-order chi connectivity index (χ0) is 24.9. The van der Waals surface area contributed by atoms with Crippen LogP contribution < -0.4 is 21.5 Å². The van der Waals surface area contributed by atoms with Gasteiger partial charge in [0.15, 0.2) is 0 Å². The first kappa shape index (κ1) is 25.8. The summed E-state index contributed by atoms with van der Waals surface area (Å²) in [6.07, 6.45) is 8.62. The molecule has 6 heteroatoms. The Hall–Kier alpha value is -3.82. The van der Waals surface area contributed by atoms with Gasteiger partial charge < -0.3 is 26.4 Å². The molecule has 0 spiro atoms. The van der Waals surface area contributed by atoms with Gasteiger partial charge in [-0.25, -0.2) is 0 Å². The van der Waals surface area contributed by atoms with Crippen molar-refractivity contribution in [3.8, 4) is 17.6 Å². The Labute approximate surface area is 209 Å². The van der Waals surface area contributed by atoms with Gasteiger partial charge in [0.2, 0.25) is 0 Å². The van der Waals surface area contributed by atoms with Crippen molar-refractivity contribution < 1.29 is 4.74 Å². The molecule has 2 fully saturated rings. The number of benzene rings is 2. The Morgan fingerprint density at radius 1 is 1.09 bits per heavy atom. The van der Waals surface area contributed by atoms with Gasteiger partial charge in [-0.2, -0.15) is 0 Å². The molecular weight excluding hydrogens is 434 g/mol. The quantitative estimate of drug-likeness (QED) is 0.450. The summed E-state index contributed by atoms with van der Waals surface area (Å²) in [6.45, 7) is 8.94. The van der Waals surface area contributed by atoms with Gasteiger partial charge in [-0.05, 0) is 86.5 Å². The monoisotopic (exact) mass is 471 g/mol. The van der Waals surface area contributed by atoms with Gasteiger partial charge in [0.25, 0.3) is 0 Å². The fourth-order valence-electron chi connectivity index (χ4n) is 4.24. The summed E-state index contributed by atoms with van der Waals surface area (Å²) in [5, 5.41) is 3.43. The lowest BCUT2D eigenvalue weighted by Gasteiger charge is -2.29. The van der Waals surface area contributed by atoms with Crippen LogP contribution in [-0.2, 0) is 0 Å². The molecule has 184 valence electrons. The number of nitrogens with two attached hydrogens (primary N) is 2. The minimum Gasteiger partial charge on any atom is -0.497 e. The van der Waals surface area contributed by atoms with E-state index in [1.165, 1.54) is 38.6 Å². The van der Waals surface area contributed by atoms with E-state index in [1.807, 2.05) is 54.6 Å². The Morgan fingerprint density at radius 3 is 2.54 bits per heavy atom. The van der Waals surface area contributed by atoms with Gasteiger partial charge in [-0.15, -0.1) is 0 Å². The average Bonchev–Trinajstić information content (AvgIpc) is 3.23. The lowest BCUT2D eigenvalue weighted by Crippen LogP contribution is -2.37. The summed E-state index contributed by atoms with van der Waals surface area (Å²) in [7, 11) is 1.69. The lowest BCUT2D eigenvalue weighted by molar-refractivity contribution is 0.244. The predicted molar refractivity (Wildman–Crippen MR) is 145 cm³/mol. The maximum atomic E-state index is 5.59. The number of hydrogen-bond acceptors (Lipinski definition) is 6. The summed E-state index contributed by atoms with van der Waals surface area (Å²) in [5.41, 5.74) is 13.2. The third-order valence-corrected chi connectivity index (χ3v) is 6.08. The molecule has 6 nitrogen and oxygen atoms in total. The average molecular weight is 472 g/mol. The SMILES string of the molecule is C=C(Nc1ccc(OC)cc1)N1CCCN2CCCC2C1.N/C=C\C=C(/N)C#Cc1ccccc1. The maximum Gasteiger partial charge on any atom is 0.119 e. The van der Waals surface area contributed by atoms with Crippen LogP contribution in [0.2, 0.25) is 0 Å². The van der Waals surface area contributed by atoms with Crippen LogP contribution >= 0.6 is 0 Å². The molecule has 0 saturated carbocycles. The molecule has 0 aliphatic carbocycles. The Bertz CT molecular complexity index is 1050. The molecule has 2 aromatic carbocycles. The van der Waals surface area contributed by atoms with Crippen molar-refractivity contribution >= 4 is 5.69 Å². The zero-order valence-corrected chi connectivity index (χ0v) is 20.6. The standard InChI is InChI=1S/C17H25N3O.C12H12N2/c1-14(18-15-6-8-17(21-2)9-7-15)20-12-4-11-19-10-3-5-16(19)13-20;13-10-4-7-12(14)9-8-11-5-2-1-3-6-11/h6-9,16,18H,1,3-5,10-13H2,2H3;1-7,10H,13-14H2/b;10-4-,12-7-. The molecule has 2 heterocycles. The highest BCUT2D eigenvalue weighted by Gasteiger charge is 2.29. The van der Waals surface area contributed by atoms with Crippen LogP contribution in [0.15, 0.2) is 91.0 Å². The third kappa shape index (κ3) is 8.47. The first-order valence-electron chi connectivity index (χ1n) is 12.1. The van der Waals surface area contributed by atoms with Crippen LogP contribution in [0.25, 0.3) is 0 Å². The molecule has 2 aromatic rings. The molecular formula is C29H37N5O. The Kier molecular flexibility index (Phi) is 10.2. The molecule has 35 heavy (non-hydrogen) atoms. The van der Waals surface area contributed by atoms with Crippen LogP contribution in [0.5, 0.6) is 5.75 Å². The highest BCUT2D eigenvalue weighted by molar-refractivity contribution is 5.50. The zero-order valence-electron chi connectivity index (χ0n) is 20.6. The summed E-state index contributed by atoms with van der Waals surface area (Å²) in [6, 6.07) is 18.4. The Morgan fingerprint density at radius 2 is 1.83 bits per heavy atom. The van der Waals surface area contributed by atoms with Crippen molar-refractivity contribution in [2.45, 2.75) is 25.3 Å².